The van der Waals surface area contributed by atoms with Crippen LogP contribution in [0.3, 0.4) is 0 Å². The number of hydrogen-bond acceptors (Lipinski definition) is 4. The molecule has 2 aromatic carbocycles. The number of halogens is 2. The lowest BCUT2D eigenvalue weighted by atomic mass is 10.0. The lowest BCUT2D eigenvalue weighted by Gasteiger charge is -2.06. The molecule has 6 heteroatoms. The van der Waals surface area contributed by atoms with Crippen molar-refractivity contribution in [2.24, 2.45) is 0 Å². The largest absolute Gasteiger partial charge is 0.508 e. The molecule has 0 atom stereocenters. The van der Waals surface area contributed by atoms with Gasteiger partial charge in [-0.25, -0.2) is 4.79 Å². The van der Waals surface area contributed by atoms with Crippen LogP contribution in [0, 0.1) is 0 Å². The third-order valence-corrected chi connectivity index (χ3v) is 3.96. The summed E-state index contributed by atoms with van der Waals surface area (Å²) in [4.78, 5) is 10.9. The van der Waals surface area contributed by atoms with Crippen LogP contribution in [0.25, 0.3) is 21.4 Å². The van der Waals surface area contributed by atoms with Gasteiger partial charge in [0.25, 0.3) is 0 Å². The highest BCUT2D eigenvalue weighted by molar-refractivity contribution is 7.16. The van der Waals surface area contributed by atoms with Gasteiger partial charge in [0.15, 0.2) is 5.58 Å². The highest BCUT2D eigenvalue weighted by Crippen LogP contribution is 2.38. The first-order chi connectivity index (χ1) is 9.04. The van der Waals surface area contributed by atoms with Crippen molar-refractivity contribution in [2.45, 2.75) is 0 Å². The minimum Gasteiger partial charge on any atom is -0.508 e. The van der Waals surface area contributed by atoms with E-state index in [9.17, 15) is 9.90 Å². The molecule has 1 aromatic heterocycles. The zero-order chi connectivity index (χ0) is 13.6. The summed E-state index contributed by atoms with van der Waals surface area (Å²) in [5.41, 5.74) is 1.63. The van der Waals surface area contributed by atoms with Crippen LogP contribution in [0.4, 0.5) is 0 Å². The average molecular weight is 313 g/mol. The minimum atomic E-state index is -0.424. The van der Waals surface area contributed by atoms with Gasteiger partial charge in [0.05, 0.1) is 9.72 Å². The number of benzene rings is 2. The molecule has 0 spiro atoms. The third kappa shape index (κ3) is 2.23. The third-order valence-electron chi connectivity index (χ3n) is 2.64. The Morgan fingerprint density at radius 3 is 2.63 bits per heavy atom. The fourth-order valence-corrected chi connectivity index (χ4v) is 3.11. The first-order valence-corrected chi connectivity index (χ1v) is 6.84. The molecule has 3 aromatic rings. The van der Waals surface area contributed by atoms with Crippen LogP contribution in [0.5, 0.6) is 5.75 Å². The Kier molecular flexibility index (Phi) is 3.01. The number of rotatable bonds is 1. The van der Waals surface area contributed by atoms with Crippen molar-refractivity contribution < 1.29 is 9.52 Å². The average Bonchev–Trinajstić information content (AvgIpc) is 2.68. The van der Waals surface area contributed by atoms with Gasteiger partial charge < -0.3 is 9.52 Å². The second-order valence-electron chi connectivity index (χ2n) is 3.90. The molecule has 0 aliphatic heterocycles. The molecule has 3 rings (SSSR count). The smallest absolute Gasteiger partial charge is 0.396 e. The Morgan fingerprint density at radius 1 is 1.11 bits per heavy atom. The van der Waals surface area contributed by atoms with Gasteiger partial charge in [-0.1, -0.05) is 40.6 Å². The van der Waals surface area contributed by atoms with E-state index in [2.05, 4.69) is 0 Å². The molecule has 0 saturated carbocycles. The van der Waals surface area contributed by atoms with Gasteiger partial charge in [-0.15, -0.1) is 0 Å². The predicted molar refractivity (Wildman–Crippen MR) is 77.5 cm³/mol. The number of phenols is 1. The lowest BCUT2D eigenvalue weighted by molar-refractivity contribution is 0.476. The number of aromatic hydroxyl groups is 1. The van der Waals surface area contributed by atoms with Crippen molar-refractivity contribution in [3.05, 3.63) is 50.1 Å². The van der Waals surface area contributed by atoms with Gasteiger partial charge in [0.1, 0.15) is 5.75 Å². The maximum atomic E-state index is 11.3. The van der Waals surface area contributed by atoms with E-state index >= 15 is 0 Å². The number of fused-ring (bicyclic) bond motifs is 1. The molecule has 1 N–H and O–H groups in total. The Labute approximate surface area is 121 Å². The second-order valence-corrected chi connectivity index (χ2v) is 5.72. The molecule has 0 amide bonds. The van der Waals surface area contributed by atoms with E-state index in [0.717, 1.165) is 11.3 Å². The van der Waals surface area contributed by atoms with Crippen molar-refractivity contribution in [3.63, 3.8) is 0 Å². The van der Waals surface area contributed by atoms with Crippen LogP contribution in [-0.4, -0.2) is 5.11 Å². The van der Waals surface area contributed by atoms with E-state index in [0.29, 0.717) is 31.5 Å². The Morgan fingerprint density at radius 2 is 1.89 bits per heavy atom. The van der Waals surface area contributed by atoms with Crippen LogP contribution in [0.2, 0.25) is 10.0 Å². The Hall–Kier alpha value is -1.49. The van der Waals surface area contributed by atoms with E-state index < -0.39 is 4.94 Å². The topological polar surface area (TPSA) is 50.4 Å². The van der Waals surface area contributed by atoms with Crippen LogP contribution in [0.15, 0.2) is 39.5 Å². The summed E-state index contributed by atoms with van der Waals surface area (Å²) < 4.78 is 5.73. The molecular formula is C13H6Cl2O3S. The van der Waals surface area contributed by atoms with E-state index in [1.807, 2.05) is 0 Å². The standard InChI is InChI=1S/C13H6Cl2O3S/c14-6-1-2-8(10(15)3-6)9-4-7(16)5-11-12(9)18-13(17)19-11/h1-5,16H. The molecule has 1 heterocycles. The summed E-state index contributed by atoms with van der Waals surface area (Å²) in [5.74, 6) is 0.0468. The molecule has 19 heavy (non-hydrogen) atoms. The van der Waals surface area contributed by atoms with E-state index in [1.165, 1.54) is 12.1 Å². The quantitative estimate of drug-likeness (QED) is 0.718. The molecule has 96 valence electrons. The maximum absolute atomic E-state index is 11.3. The maximum Gasteiger partial charge on any atom is 0.396 e. The van der Waals surface area contributed by atoms with E-state index in [-0.39, 0.29) is 5.75 Å². The van der Waals surface area contributed by atoms with E-state index in [4.69, 9.17) is 27.6 Å². The van der Waals surface area contributed by atoms with Crippen LogP contribution in [0.1, 0.15) is 0 Å². The van der Waals surface area contributed by atoms with E-state index in [1.54, 1.807) is 18.2 Å². The first kappa shape index (κ1) is 12.5. The molecule has 0 fully saturated rings. The van der Waals surface area contributed by atoms with Crippen molar-refractivity contribution in [3.8, 4) is 16.9 Å². The first-order valence-electron chi connectivity index (χ1n) is 5.26. The molecular weight excluding hydrogens is 307 g/mol. The normalized spacial score (nSPS) is 11.1. The van der Waals surface area contributed by atoms with Crippen molar-refractivity contribution in [2.75, 3.05) is 0 Å². The van der Waals surface area contributed by atoms with Gasteiger partial charge in [-0.3, -0.25) is 0 Å². The van der Waals surface area contributed by atoms with Gasteiger partial charge in [-0.2, -0.15) is 0 Å². The molecule has 3 nitrogen and oxygen atoms in total. The molecule has 0 radical (unpaired) electrons. The molecule has 0 bridgehead atoms. The van der Waals surface area contributed by atoms with Crippen molar-refractivity contribution >= 4 is 44.8 Å². The summed E-state index contributed by atoms with van der Waals surface area (Å²) in [5, 5.41) is 10.7. The van der Waals surface area contributed by atoms with Crippen LogP contribution >= 0.6 is 34.5 Å². The molecule has 0 unspecified atom stereocenters. The monoisotopic (exact) mass is 312 g/mol. The van der Waals surface area contributed by atoms with Crippen molar-refractivity contribution in [1.82, 2.24) is 0 Å². The van der Waals surface area contributed by atoms with Crippen LogP contribution in [-0.2, 0) is 0 Å². The second kappa shape index (κ2) is 4.56. The highest BCUT2D eigenvalue weighted by Gasteiger charge is 2.14. The molecule has 0 saturated heterocycles. The summed E-state index contributed by atoms with van der Waals surface area (Å²) in [6.07, 6.45) is 0. The zero-order valence-corrected chi connectivity index (χ0v) is 11.6. The zero-order valence-electron chi connectivity index (χ0n) is 9.31. The summed E-state index contributed by atoms with van der Waals surface area (Å²) in [6.45, 7) is 0. The lowest BCUT2D eigenvalue weighted by Crippen LogP contribution is -1.83. The van der Waals surface area contributed by atoms with Gasteiger partial charge in [0, 0.05) is 22.2 Å². The summed E-state index contributed by atoms with van der Waals surface area (Å²) in [7, 11) is 0. The highest BCUT2D eigenvalue weighted by atomic mass is 35.5. The van der Waals surface area contributed by atoms with Crippen molar-refractivity contribution in [1.29, 1.82) is 0 Å². The SMILES string of the molecule is O=c1oc2c(-c3ccc(Cl)cc3Cl)cc(O)cc2s1. The molecule has 0 aliphatic carbocycles. The Balaban J connectivity index is 2.38. The summed E-state index contributed by atoms with van der Waals surface area (Å²) in [6, 6.07) is 7.99. The molecule has 0 aliphatic rings. The van der Waals surface area contributed by atoms with Crippen LogP contribution < -0.4 is 4.94 Å². The minimum absolute atomic E-state index is 0.0468. The number of hydrogen-bond donors (Lipinski definition) is 1. The van der Waals surface area contributed by atoms with Gasteiger partial charge >= 0.3 is 4.94 Å². The number of phenolic OH excluding ortho intramolecular Hbond substituents is 1. The Bertz CT molecular complexity index is 836. The predicted octanol–water partition coefficient (Wildman–Crippen LogP) is 4.53. The van der Waals surface area contributed by atoms with Gasteiger partial charge in [-0.05, 0) is 18.2 Å². The fraction of sp³-hybridized carbons (Fsp3) is 0. The summed E-state index contributed by atoms with van der Waals surface area (Å²) >= 11 is 12.9. The van der Waals surface area contributed by atoms with Gasteiger partial charge in [0.2, 0.25) is 0 Å². The fourth-order valence-electron chi connectivity index (χ4n) is 1.87.